The number of hydrogen-bond acceptors (Lipinski definition) is 2. The molecule has 120 valence electrons. The highest BCUT2D eigenvalue weighted by Gasteiger charge is 2.13. The third-order valence-corrected chi connectivity index (χ3v) is 3.70. The number of nitrogens with one attached hydrogen (secondary N) is 1. The molecular formula is C18H31FN2. The molecule has 0 heterocycles. The van der Waals surface area contributed by atoms with Crippen LogP contribution in [0.15, 0.2) is 18.2 Å². The third kappa shape index (κ3) is 6.47. The molecule has 0 aliphatic heterocycles. The van der Waals surface area contributed by atoms with E-state index in [1.54, 1.807) is 12.1 Å². The number of halogens is 1. The zero-order valence-corrected chi connectivity index (χ0v) is 14.2. The van der Waals surface area contributed by atoms with Gasteiger partial charge in [-0.15, -0.1) is 0 Å². The topological polar surface area (TPSA) is 15.3 Å². The average Bonchev–Trinajstić information content (AvgIpc) is 2.40. The van der Waals surface area contributed by atoms with E-state index in [4.69, 9.17) is 0 Å². The maximum absolute atomic E-state index is 13.5. The summed E-state index contributed by atoms with van der Waals surface area (Å²) in [6, 6.07) is 5.17. The average molecular weight is 294 g/mol. The van der Waals surface area contributed by atoms with E-state index in [1.165, 1.54) is 5.69 Å². The van der Waals surface area contributed by atoms with Crippen LogP contribution in [0.1, 0.15) is 46.1 Å². The molecule has 1 aromatic carbocycles. The van der Waals surface area contributed by atoms with Crippen molar-refractivity contribution in [1.29, 1.82) is 0 Å². The molecule has 0 atom stereocenters. The Kier molecular flexibility index (Phi) is 7.73. The number of benzene rings is 1. The molecule has 21 heavy (non-hydrogen) atoms. The van der Waals surface area contributed by atoms with Gasteiger partial charge in [-0.05, 0) is 55.5 Å². The van der Waals surface area contributed by atoms with Gasteiger partial charge in [-0.25, -0.2) is 4.39 Å². The van der Waals surface area contributed by atoms with Crippen molar-refractivity contribution in [2.45, 2.75) is 47.1 Å². The Morgan fingerprint density at radius 3 is 2.10 bits per heavy atom. The second kappa shape index (κ2) is 9.04. The summed E-state index contributed by atoms with van der Waals surface area (Å²) < 4.78 is 13.5. The second-order valence-electron chi connectivity index (χ2n) is 6.66. The Labute approximate surface area is 129 Å². The van der Waals surface area contributed by atoms with E-state index < -0.39 is 0 Å². The summed E-state index contributed by atoms with van der Waals surface area (Å²) in [7, 11) is 1.90. The van der Waals surface area contributed by atoms with Crippen LogP contribution in [0.3, 0.4) is 0 Å². The Hall–Kier alpha value is -1.09. The number of hydrogen-bond donors (Lipinski definition) is 1. The lowest BCUT2D eigenvalue weighted by Crippen LogP contribution is -2.29. The molecule has 0 aromatic heterocycles. The molecule has 3 heteroatoms. The van der Waals surface area contributed by atoms with Gasteiger partial charge in [0.15, 0.2) is 0 Å². The first kappa shape index (κ1) is 18.0. The van der Waals surface area contributed by atoms with Crippen molar-refractivity contribution in [2.24, 2.45) is 11.8 Å². The third-order valence-electron chi connectivity index (χ3n) is 3.70. The van der Waals surface area contributed by atoms with Gasteiger partial charge in [0.05, 0.1) is 0 Å². The quantitative estimate of drug-likeness (QED) is 0.724. The van der Waals surface area contributed by atoms with Gasteiger partial charge in [0.2, 0.25) is 0 Å². The Balaban J connectivity index is 2.93. The molecule has 0 unspecified atom stereocenters. The molecule has 2 nitrogen and oxygen atoms in total. The molecule has 0 amide bonds. The molecule has 0 saturated carbocycles. The maximum Gasteiger partial charge on any atom is 0.123 e. The number of nitrogens with zero attached hydrogens (tertiary/aromatic N) is 1. The molecule has 0 aliphatic rings. The van der Waals surface area contributed by atoms with Gasteiger partial charge in [-0.3, -0.25) is 0 Å². The van der Waals surface area contributed by atoms with Gasteiger partial charge in [0, 0.05) is 25.3 Å². The molecule has 0 fully saturated rings. The van der Waals surface area contributed by atoms with Gasteiger partial charge >= 0.3 is 0 Å². The minimum Gasteiger partial charge on any atom is -0.371 e. The van der Waals surface area contributed by atoms with Crippen LogP contribution >= 0.6 is 0 Å². The van der Waals surface area contributed by atoms with Crippen molar-refractivity contribution in [1.82, 2.24) is 5.32 Å². The predicted molar refractivity (Wildman–Crippen MR) is 90.3 cm³/mol. The highest BCUT2D eigenvalue weighted by atomic mass is 19.1. The molecule has 1 aromatic rings. The number of anilines is 1. The first-order valence-electron chi connectivity index (χ1n) is 8.12. The van der Waals surface area contributed by atoms with Crippen LogP contribution in [0.2, 0.25) is 0 Å². The largest absolute Gasteiger partial charge is 0.371 e. The van der Waals surface area contributed by atoms with Crippen molar-refractivity contribution in [2.75, 3.05) is 25.0 Å². The lowest BCUT2D eigenvalue weighted by Gasteiger charge is -2.29. The van der Waals surface area contributed by atoms with E-state index in [1.807, 2.05) is 13.1 Å². The van der Waals surface area contributed by atoms with E-state index in [0.717, 1.165) is 31.5 Å². The first-order valence-corrected chi connectivity index (χ1v) is 8.12. The molecule has 0 bridgehead atoms. The van der Waals surface area contributed by atoms with Crippen LogP contribution in [-0.2, 0) is 6.54 Å². The normalized spacial score (nSPS) is 11.4. The molecule has 1 rings (SSSR count). The summed E-state index contributed by atoms with van der Waals surface area (Å²) in [6.45, 7) is 11.8. The zero-order valence-electron chi connectivity index (χ0n) is 14.2. The molecule has 0 radical (unpaired) electrons. The minimum atomic E-state index is -0.156. The smallest absolute Gasteiger partial charge is 0.123 e. The van der Waals surface area contributed by atoms with E-state index >= 15 is 0 Å². The summed E-state index contributed by atoms with van der Waals surface area (Å²) in [4.78, 5) is 2.42. The predicted octanol–water partition coefficient (Wildman–Crippen LogP) is 4.44. The Morgan fingerprint density at radius 2 is 1.62 bits per heavy atom. The minimum absolute atomic E-state index is 0.156. The fourth-order valence-corrected chi connectivity index (χ4v) is 2.38. The number of rotatable bonds is 9. The fraction of sp³-hybridized carbons (Fsp3) is 0.667. The summed E-state index contributed by atoms with van der Waals surface area (Å²) in [5.74, 6) is 1.20. The van der Waals surface area contributed by atoms with Crippen LogP contribution in [0.4, 0.5) is 10.1 Å². The van der Waals surface area contributed by atoms with Crippen LogP contribution in [0, 0.1) is 17.7 Å². The maximum atomic E-state index is 13.5. The van der Waals surface area contributed by atoms with Crippen molar-refractivity contribution in [3.8, 4) is 0 Å². The highest BCUT2D eigenvalue weighted by Crippen LogP contribution is 2.24. The van der Waals surface area contributed by atoms with Crippen molar-refractivity contribution in [3.63, 3.8) is 0 Å². The van der Waals surface area contributed by atoms with Crippen LogP contribution in [0.25, 0.3) is 0 Å². The first-order chi connectivity index (χ1) is 9.93. The van der Waals surface area contributed by atoms with E-state index in [9.17, 15) is 4.39 Å². The van der Waals surface area contributed by atoms with Gasteiger partial charge in [-0.1, -0.05) is 27.7 Å². The van der Waals surface area contributed by atoms with Crippen molar-refractivity contribution < 1.29 is 4.39 Å². The van der Waals surface area contributed by atoms with Crippen molar-refractivity contribution >= 4 is 5.69 Å². The Morgan fingerprint density at radius 1 is 1.05 bits per heavy atom. The van der Waals surface area contributed by atoms with Crippen LogP contribution < -0.4 is 10.2 Å². The van der Waals surface area contributed by atoms with Gasteiger partial charge in [-0.2, -0.15) is 0 Å². The Bertz CT molecular complexity index is 404. The summed E-state index contributed by atoms with van der Waals surface area (Å²) in [5.41, 5.74) is 2.22. The summed E-state index contributed by atoms with van der Waals surface area (Å²) in [6.07, 6.45) is 2.32. The fourth-order valence-electron chi connectivity index (χ4n) is 2.38. The monoisotopic (exact) mass is 294 g/mol. The van der Waals surface area contributed by atoms with Gasteiger partial charge in [0.25, 0.3) is 0 Å². The van der Waals surface area contributed by atoms with Gasteiger partial charge in [0.1, 0.15) is 5.82 Å². The zero-order chi connectivity index (χ0) is 15.8. The molecule has 1 N–H and O–H groups in total. The van der Waals surface area contributed by atoms with Gasteiger partial charge < -0.3 is 10.2 Å². The van der Waals surface area contributed by atoms with Crippen LogP contribution in [0.5, 0.6) is 0 Å². The lowest BCUT2D eigenvalue weighted by molar-refractivity contribution is 0.533. The lowest BCUT2D eigenvalue weighted by atomic mass is 10.1. The summed E-state index contributed by atoms with van der Waals surface area (Å²) in [5, 5.41) is 3.14. The second-order valence-corrected chi connectivity index (χ2v) is 6.66. The van der Waals surface area contributed by atoms with Crippen LogP contribution in [-0.4, -0.2) is 20.1 Å². The summed E-state index contributed by atoms with van der Waals surface area (Å²) >= 11 is 0. The molecule has 0 saturated heterocycles. The highest BCUT2D eigenvalue weighted by molar-refractivity contribution is 5.54. The van der Waals surface area contributed by atoms with E-state index in [2.05, 4.69) is 37.9 Å². The SMILES string of the molecule is CNCc1cc(F)ccc1N(CCC(C)C)CCC(C)C. The standard InChI is InChI=1S/C18H31FN2/c1-14(2)8-10-21(11-9-15(3)4)18-7-6-17(19)12-16(18)13-20-5/h6-7,12,14-15,20H,8-11,13H2,1-5H3. The van der Waals surface area contributed by atoms with E-state index in [-0.39, 0.29) is 5.82 Å². The molecular weight excluding hydrogens is 263 g/mol. The molecule has 0 spiro atoms. The molecule has 0 aliphatic carbocycles. The van der Waals surface area contributed by atoms with Crippen molar-refractivity contribution in [3.05, 3.63) is 29.6 Å². The van der Waals surface area contributed by atoms with E-state index in [0.29, 0.717) is 18.4 Å².